The van der Waals surface area contributed by atoms with Crippen LogP contribution in [0, 0.1) is 5.82 Å². The van der Waals surface area contributed by atoms with Gasteiger partial charge in [-0.1, -0.05) is 28.7 Å². The van der Waals surface area contributed by atoms with E-state index in [2.05, 4.69) is 26.7 Å². The molecule has 0 saturated heterocycles. The molecule has 1 aromatic carbocycles. The van der Waals surface area contributed by atoms with Crippen molar-refractivity contribution in [3.05, 3.63) is 39.2 Å². The van der Waals surface area contributed by atoms with E-state index in [0.29, 0.717) is 0 Å². The Morgan fingerprint density at radius 2 is 2.17 bits per heavy atom. The van der Waals surface area contributed by atoms with Crippen molar-refractivity contribution in [1.82, 2.24) is 0 Å². The molecule has 2 heteroatoms. The maximum Gasteiger partial charge on any atom is 0.123 e. The number of fused-ring (bicyclic) bond motifs is 1. The van der Waals surface area contributed by atoms with E-state index < -0.39 is 0 Å². The molecule has 0 amide bonds. The number of halogens is 2. The zero-order chi connectivity index (χ0) is 8.55. The monoisotopic (exact) mass is 274 g/mol. The molecular weight excluding hydrogens is 266 g/mol. The van der Waals surface area contributed by atoms with Crippen LogP contribution in [-0.4, -0.2) is 0 Å². The van der Waals surface area contributed by atoms with Crippen molar-refractivity contribution >= 4 is 28.2 Å². The van der Waals surface area contributed by atoms with Gasteiger partial charge in [-0.15, -0.1) is 0 Å². The molecule has 0 aliphatic heterocycles. The fraction of sp³-hybridized carbons (Fsp3) is 0.200. The summed E-state index contributed by atoms with van der Waals surface area (Å²) >= 11 is 2.24. The number of hydrogen-bond acceptors (Lipinski definition) is 0. The lowest BCUT2D eigenvalue weighted by molar-refractivity contribution is 0.626. The molecule has 0 bridgehead atoms. The molecule has 0 N–H and O–H groups in total. The van der Waals surface area contributed by atoms with Crippen LogP contribution in [0.5, 0.6) is 0 Å². The minimum Gasteiger partial charge on any atom is -0.207 e. The van der Waals surface area contributed by atoms with Crippen LogP contribution in [0.15, 0.2) is 22.3 Å². The fourth-order valence-corrected chi connectivity index (χ4v) is 2.25. The van der Waals surface area contributed by atoms with Gasteiger partial charge in [0.15, 0.2) is 0 Å². The molecule has 0 atom stereocenters. The Bertz CT molecular complexity index is 342. The summed E-state index contributed by atoms with van der Waals surface area (Å²) in [5.74, 6) is -0.122. The fourth-order valence-electron chi connectivity index (χ4n) is 1.60. The van der Waals surface area contributed by atoms with Gasteiger partial charge in [0.1, 0.15) is 5.82 Å². The summed E-state index contributed by atoms with van der Waals surface area (Å²) in [5, 5.41) is 0. The first-order valence-corrected chi connectivity index (χ1v) is 5.14. The normalized spacial score (nSPS) is 18.3. The van der Waals surface area contributed by atoms with Crippen molar-refractivity contribution in [2.24, 2.45) is 0 Å². The van der Waals surface area contributed by atoms with Crippen LogP contribution in [0.1, 0.15) is 17.5 Å². The van der Waals surface area contributed by atoms with Gasteiger partial charge in [0, 0.05) is 0 Å². The Morgan fingerprint density at radius 1 is 1.33 bits per heavy atom. The van der Waals surface area contributed by atoms with Gasteiger partial charge in [0.2, 0.25) is 0 Å². The molecular formula is C10H8FI. The van der Waals surface area contributed by atoms with E-state index in [1.165, 1.54) is 17.2 Å². The predicted molar refractivity (Wildman–Crippen MR) is 56.7 cm³/mol. The molecule has 62 valence electrons. The van der Waals surface area contributed by atoms with Crippen LogP contribution < -0.4 is 0 Å². The van der Waals surface area contributed by atoms with Gasteiger partial charge in [-0.2, -0.15) is 0 Å². The average Bonchev–Trinajstić information content (AvgIpc) is 2.46. The highest BCUT2D eigenvalue weighted by Gasteiger charge is 2.15. The minimum absolute atomic E-state index is 0.122. The lowest BCUT2D eigenvalue weighted by atomic mass is 10.1. The minimum atomic E-state index is -0.122. The quantitative estimate of drug-likeness (QED) is 0.635. The summed E-state index contributed by atoms with van der Waals surface area (Å²) in [6.07, 6.45) is 2.05. The van der Waals surface area contributed by atoms with Crippen molar-refractivity contribution in [2.45, 2.75) is 12.8 Å². The molecule has 12 heavy (non-hydrogen) atoms. The van der Waals surface area contributed by atoms with E-state index in [9.17, 15) is 4.39 Å². The van der Waals surface area contributed by atoms with Gasteiger partial charge < -0.3 is 0 Å². The van der Waals surface area contributed by atoms with Crippen molar-refractivity contribution in [1.29, 1.82) is 0 Å². The van der Waals surface area contributed by atoms with Crippen LogP contribution in [0.25, 0.3) is 5.57 Å². The van der Waals surface area contributed by atoms with Crippen molar-refractivity contribution in [3.8, 4) is 0 Å². The standard InChI is InChI=1S/C10H8FI/c11-9-3-4-10-7(5-9)1-2-8(10)6-12/h3-6H,1-2H2. The largest absolute Gasteiger partial charge is 0.207 e. The first kappa shape index (κ1) is 8.23. The summed E-state index contributed by atoms with van der Waals surface area (Å²) in [7, 11) is 0. The number of rotatable bonds is 0. The second kappa shape index (κ2) is 3.17. The average molecular weight is 274 g/mol. The van der Waals surface area contributed by atoms with Crippen LogP contribution in [0.4, 0.5) is 4.39 Å². The molecule has 1 aliphatic carbocycles. The second-order valence-electron chi connectivity index (χ2n) is 2.94. The number of allylic oxidation sites excluding steroid dienone is 1. The van der Waals surface area contributed by atoms with Gasteiger partial charge in [0.25, 0.3) is 0 Å². The lowest BCUT2D eigenvalue weighted by Crippen LogP contribution is -1.82. The summed E-state index contributed by atoms with van der Waals surface area (Å²) in [4.78, 5) is 0. The topological polar surface area (TPSA) is 0 Å². The summed E-state index contributed by atoms with van der Waals surface area (Å²) in [6, 6.07) is 5.05. The van der Waals surface area contributed by atoms with E-state index >= 15 is 0 Å². The van der Waals surface area contributed by atoms with Gasteiger partial charge in [0.05, 0.1) is 0 Å². The Labute approximate surface area is 84.6 Å². The Morgan fingerprint density at radius 3 is 2.92 bits per heavy atom. The van der Waals surface area contributed by atoms with Crippen LogP contribution in [0.2, 0.25) is 0 Å². The highest BCUT2D eigenvalue weighted by molar-refractivity contribution is 14.1. The Hall–Kier alpha value is -0.380. The van der Waals surface area contributed by atoms with Gasteiger partial charge in [-0.05, 0) is 45.8 Å². The second-order valence-corrected chi connectivity index (χ2v) is 3.56. The highest BCUT2D eigenvalue weighted by Crippen LogP contribution is 2.33. The third kappa shape index (κ3) is 1.28. The van der Waals surface area contributed by atoms with Gasteiger partial charge in [-0.25, -0.2) is 4.39 Å². The molecule has 0 nitrogen and oxygen atoms in total. The Balaban J connectivity index is 2.55. The zero-order valence-corrected chi connectivity index (χ0v) is 8.64. The highest BCUT2D eigenvalue weighted by atomic mass is 127. The SMILES string of the molecule is Fc1ccc2c(c1)CCC2=CI. The molecule has 0 heterocycles. The van der Waals surface area contributed by atoms with Crippen molar-refractivity contribution < 1.29 is 4.39 Å². The third-order valence-electron chi connectivity index (χ3n) is 2.21. The molecule has 0 spiro atoms. The predicted octanol–water partition coefficient (Wildman–Crippen LogP) is 3.55. The van der Waals surface area contributed by atoms with E-state index in [0.717, 1.165) is 18.4 Å². The zero-order valence-electron chi connectivity index (χ0n) is 6.48. The van der Waals surface area contributed by atoms with Crippen LogP contribution in [-0.2, 0) is 6.42 Å². The molecule has 0 unspecified atom stereocenters. The smallest absolute Gasteiger partial charge is 0.123 e. The maximum atomic E-state index is 12.8. The molecule has 0 aromatic heterocycles. The molecule has 1 aliphatic rings. The van der Waals surface area contributed by atoms with Crippen molar-refractivity contribution in [3.63, 3.8) is 0 Å². The molecule has 1 aromatic rings. The summed E-state index contributed by atoms with van der Waals surface area (Å²) in [6.45, 7) is 0. The van der Waals surface area contributed by atoms with Crippen LogP contribution in [0.3, 0.4) is 0 Å². The summed E-state index contributed by atoms with van der Waals surface area (Å²) in [5.41, 5.74) is 3.72. The number of hydrogen-bond donors (Lipinski definition) is 0. The number of benzene rings is 1. The molecule has 0 fully saturated rings. The van der Waals surface area contributed by atoms with E-state index in [1.54, 1.807) is 6.07 Å². The first-order valence-electron chi connectivity index (χ1n) is 3.89. The lowest BCUT2D eigenvalue weighted by Gasteiger charge is -1.98. The van der Waals surface area contributed by atoms with Crippen LogP contribution >= 0.6 is 22.6 Å². The van der Waals surface area contributed by atoms with E-state index in [1.807, 2.05) is 6.07 Å². The third-order valence-corrected chi connectivity index (χ3v) is 2.96. The molecule has 0 saturated carbocycles. The van der Waals surface area contributed by atoms with E-state index in [-0.39, 0.29) is 5.82 Å². The number of aryl methyl sites for hydroxylation is 1. The van der Waals surface area contributed by atoms with Gasteiger partial charge in [-0.3, -0.25) is 0 Å². The van der Waals surface area contributed by atoms with E-state index in [4.69, 9.17) is 0 Å². The maximum absolute atomic E-state index is 12.8. The molecule has 2 rings (SSSR count). The van der Waals surface area contributed by atoms with Gasteiger partial charge >= 0.3 is 0 Å². The summed E-state index contributed by atoms with van der Waals surface area (Å²) < 4.78 is 14.9. The molecule has 0 radical (unpaired) electrons. The first-order chi connectivity index (χ1) is 5.81. The Kier molecular flexibility index (Phi) is 2.17. The van der Waals surface area contributed by atoms with Crippen molar-refractivity contribution in [2.75, 3.05) is 0 Å².